The van der Waals surface area contributed by atoms with Crippen molar-refractivity contribution >= 4 is 5.91 Å². The molecule has 0 unspecified atom stereocenters. The second kappa shape index (κ2) is 7.44. The molecule has 110 valence electrons. The molecule has 1 heterocycles. The molecule has 1 saturated heterocycles. The molecule has 3 nitrogen and oxygen atoms in total. The molecule has 0 atom stereocenters. The van der Waals surface area contributed by atoms with E-state index in [2.05, 4.69) is 31.2 Å². The van der Waals surface area contributed by atoms with Crippen LogP contribution in [0.3, 0.4) is 0 Å². The largest absolute Gasteiger partial charge is 0.393 e. The number of rotatable bonds is 5. The maximum Gasteiger partial charge on any atom is 0.226 e. The van der Waals surface area contributed by atoms with E-state index in [-0.39, 0.29) is 12.0 Å². The fourth-order valence-electron chi connectivity index (χ4n) is 2.61. The molecule has 1 aliphatic heterocycles. The predicted molar refractivity (Wildman–Crippen MR) is 80.6 cm³/mol. The predicted octanol–water partition coefficient (Wildman–Crippen LogP) is 2.56. The van der Waals surface area contributed by atoms with Crippen molar-refractivity contribution in [1.29, 1.82) is 0 Å². The van der Waals surface area contributed by atoms with Crippen LogP contribution in [-0.4, -0.2) is 35.1 Å². The second-order valence-corrected chi connectivity index (χ2v) is 5.71. The van der Waals surface area contributed by atoms with Gasteiger partial charge in [0.25, 0.3) is 0 Å². The zero-order valence-electron chi connectivity index (χ0n) is 12.3. The highest BCUT2D eigenvalue weighted by atomic mass is 16.3. The number of aliphatic hydroxyl groups is 1. The van der Waals surface area contributed by atoms with Crippen molar-refractivity contribution in [3.8, 4) is 0 Å². The zero-order chi connectivity index (χ0) is 14.4. The third-order valence-corrected chi connectivity index (χ3v) is 4.01. The number of hydrogen-bond donors (Lipinski definition) is 1. The molecule has 0 aromatic heterocycles. The summed E-state index contributed by atoms with van der Waals surface area (Å²) in [5.41, 5.74) is 2.44. The van der Waals surface area contributed by atoms with Crippen LogP contribution in [0.2, 0.25) is 0 Å². The van der Waals surface area contributed by atoms with Gasteiger partial charge in [-0.25, -0.2) is 0 Å². The Morgan fingerprint density at radius 1 is 1.20 bits per heavy atom. The van der Waals surface area contributed by atoms with E-state index in [9.17, 15) is 9.90 Å². The van der Waals surface area contributed by atoms with Gasteiger partial charge in [0.1, 0.15) is 0 Å². The number of amides is 1. The van der Waals surface area contributed by atoms with E-state index in [0.717, 1.165) is 12.0 Å². The van der Waals surface area contributed by atoms with Gasteiger partial charge in [-0.15, -0.1) is 0 Å². The second-order valence-electron chi connectivity index (χ2n) is 5.71. The van der Waals surface area contributed by atoms with E-state index in [0.29, 0.717) is 32.4 Å². The van der Waals surface area contributed by atoms with Gasteiger partial charge in [0, 0.05) is 13.1 Å². The number of unbranched alkanes of at least 4 members (excludes halogenated alkanes) is 1. The number of aliphatic hydroxyl groups excluding tert-OH is 1. The first-order valence-electron chi connectivity index (χ1n) is 7.72. The molecule has 1 N–H and O–H groups in total. The maximum absolute atomic E-state index is 12.2. The van der Waals surface area contributed by atoms with Gasteiger partial charge in [0.2, 0.25) is 5.91 Å². The monoisotopic (exact) mass is 275 g/mol. The Bertz CT molecular complexity index is 419. The van der Waals surface area contributed by atoms with Crippen molar-refractivity contribution in [3.05, 3.63) is 35.4 Å². The molecule has 0 saturated carbocycles. The van der Waals surface area contributed by atoms with Crippen molar-refractivity contribution in [2.24, 2.45) is 0 Å². The third kappa shape index (κ3) is 4.34. The number of piperidine rings is 1. The molecule has 2 rings (SSSR count). The number of nitrogens with zero attached hydrogens (tertiary/aromatic N) is 1. The highest BCUT2D eigenvalue weighted by Gasteiger charge is 2.21. The summed E-state index contributed by atoms with van der Waals surface area (Å²) in [5, 5.41) is 9.46. The number of aryl methyl sites for hydroxylation is 1. The summed E-state index contributed by atoms with van der Waals surface area (Å²) in [6, 6.07) is 8.42. The number of carbonyl (C=O) groups is 1. The van der Waals surface area contributed by atoms with E-state index < -0.39 is 0 Å². The topological polar surface area (TPSA) is 40.5 Å². The highest BCUT2D eigenvalue weighted by molar-refractivity contribution is 5.78. The molecule has 1 aliphatic rings. The lowest BCUT2D eigenvalue weighted by atomic mass is 10.0. The highest BCUT2D eigenvalue weighted by Crippen LogP contribution is 2.13. The molecule has 0 spiro atoms. The lowest BCUT2D eigenvalue weighted by Gasteiger charge is -2.29. The van der Waals surface area contributed by atoms with Crippen molar-refractivity contribution in [3.63, 3.8) is 0 Å². The molecular formula is C17H25NO2. The van der Waals surface area contributed by atoms with Crippen LogP contribution in [0.4, 0.5) is 0 Å². The zero-order valence-corrected chi connectivity index (χ0v) is 12.3. The average molecular weight is 275 g/mol. The molecule has 1 aromatic rings. The van der Waals surface area contributed by atoms with Crippen LogP contribution >= 0.6 is 0 Å². The number of hydrogen-bond acceptors (Lipinski definition) is 2. The molecule has 1 amide bonds. The smallest absolute Gasteiger partial charge is 0.226 e. The first-order chi connectivity index (χ1) is 9.69. The minimum atomic E-state index is -0.225. The van der Waals surface area contributed by atoms with Crippen molar-refractivity contribution in [2.45, 2.75) is 51.6 Å². The van der Waals surface area contributed by atoms with Crippen LogP contribution in [0.5, 0.6) is 0 Å². The minimum absolute atomic E-state index is 0.179. The summed E-state index contributed by atoms with van der Waals surface area (Å²) >= 11 is 0. The number of likely N-dealkylation sites (tertiary alicyclic amines) is 1. The SMILES string of the molecule is CCCCc1ccc(CC(=O)N2CCC(O)CC2)cc1. The van der Waals surface area contributed by atoms with Gasteiger partial charge in [0.05, 0.1) is 12.5 Å². The van der Waals surface area contributed by atoms with Gasteiger partial charge in [-0.2, -0.15) is 0 Å². The van der Waals surface area contributed by atoms with Gasteiger partial charge < -0.3 is 10.0 Å². The molecule has 0 bridgehead atoms. The first kappa shape index (κ1) is 15.0. The standard InChI is InChI=1S/C17H25NO2/c1-2-3-4-14-5-7-15(8-6-14)13-17(20)18-11-9-16(19)10-12-18/h5-8,16,19H,2-4,9-13H2,1H3. The van der Waals surface area contributed by atoms with E-state index >= 15 is 0 Å². The van der Waals surface area contributed by atoms with Crippen molar-refractivity contribution < 1.29 is 9.90 Å². The Hall–Kier alpha value is -1.35. The Balaban J connectivity index is 1.84. The maximum atomic E-state index is 12.2. The van der Waals surface area contributed by atoms with Crippen LogP contribution in [-0.2, 0) is 17.6 Å². The quantitative estimate of drug-likeness (QED) is 0.897. The van der Waals surface area contributed by atoms with Gasteiger partial charge in [-0.05, 0) is 36.8 Å². The summed E-state index contributed by atoms with van der Waals surface area (Å²) in [6.45, 7) is 3.58. The van der Waals surface area contributed by atoms with Crippen LogP contribution < -0.4 is 0 Å². The van der Waals surface area contributed by atoms with E-state index in [1.807, 2.05) is 4.90 Å². The number of benzene rings is 1. The Kier molecular flexibility index (Phi) is 5.60. The summed E-state index contributed by atoms with van der Waals surface area (Å²) in [6.07, 6.45) is 5.22. The summed E-state index contributed by atoms with van der Waals surface area (Å²) in [5.74, 6) is 0.179. The van der Waals surface area contributed by atoms with Crippen LogP contribution in [0.1, 0.15) is 43.7 Å². The van der Waals surface area contributed by atoms with Crippen LogP contribution in [0.25, 0.3) is 0 Å². The summed E-state index contributed by atoms with van der Waals surface area (Å²) in [4.78, 5) is 14.0. The molecule has 0 radical (unpaired) electrons. The van der Waals surface area contributed by atoms with Gasteiger partial charge in [0.15, 0.2) is 0 Å². The molecule has 1 fully saturated rings. The van der Waals surface area contributed by atoms with Crippen molar-refractivity contribution in [1.82, 2.24) is 4.90 Å². The van der Waals surface area contributed by atoms with E-state index in [1.54, 1.807) is 0 Å². The molecule has 20 heavy (non-hydrogen) atoms. The fraction of sp³-hybridized carbons (Fsp3) is 0.588. The summed E-state index contributed by atoms with van der Waals surface area (Å²) in [7, 11) is 0. The summed E-state index contributed by atoms with van der Waals surface area (Å²) < 4.78 is 0. The van der Waals surface area contributed by atoms with Gasteiger partial charge >= 0.3 is 0 Å². The normalized spacial score (nSPS) is 16.4. The number of carbonyl (C=O) groups excluding carboxylic acids is 1. The molecule has 1 aromatic carbocycles. The fourth-order valence-corrected chi connectivity index (χ4v) is 2.61. The average Bonchev–Trinajstić information content (AvgIpc) is 2.47. The van der Waals surface area contributed by atoms with Crippen LogP contribution in [0.15, 0.2) is 24.3 Å². The Morgan fingerprint density at radius 2 is 1.80 bits per heavy atom. The van der Waals surface area contributed by atoms with Gasteiger partial charge in [-0.1, -0.05) is 37.6 Å². The van der Waals surface area contributed by atoms with E-state index in [1.165, 1.54) is 18.4 Å². The lowest BCUT2D eigenvalue weighted by Crippen LogP contribution is -2.40. The Labute approximate surface area is 121 Å². The lowest BCUT2D eigenvalue weighted by molar-refractivity contribution is -0.132. The van der Waals surface area contributed by atoms with Crippen molar-refractivity contribution in [2.75, 3.05) is 13.1 Å². The Morgan fingerprint density at radius 3 is 2.40 bits per heavy atom. The van der Waals surface area contributed by atoms with Gasteiger partial charge in [-0.3, -0.25) is 4.79 Å². The van der Waals surface area contributed by atoms with Crippen LogP contribution in [0, 0.1) is 0 Å². The molecular weight excluding hydrogens is 250 g/mol. The minimum Gasteiger partial charge on any atom is -0.393 e. The third-order valence-electron chi connectivity index (χ3n) is 4.01. The first-order valence-corrected chi connectivity index (χ1v) is 7.72. The molecule has 3 heteroatoms. The molecule has 0 aliphatic carbocycles. The van der Waals surface area contributed by atoms with E-state index in [4.69, 9.17) is 0 Å².